The third kappa shape index (κ3) is 1.88. The fraction of sp³-hybridized carbons (Fsp3) is 0.571. The molecular formula is C7H9NO2S. The number of aliphatic hydroxyl groups excluding tert-OH is 1. The van der Waals surface area contributed by atoms with Gasteiger partial charge in [-0.2, -0.15) is 12.6 Å². The van der Waals surface area contributed by atoms with E-state index in [0.717, 1.165) is 0 Å². The van der Waals surface area contributed by atoms with Crippen LogP contribution in [0.3, 0.4) is 0 Å². The second kappa shape index (κ2) is 3.65. The second-order valence-electron chi connectivity index (χ2n) is 2.22. The van der Waals surface area contributed by atoms with Gasteiger partial charge in [0.2, 0.25) is 5.91 Å². The number of thiol groups is 1. The summed E-state index contributed by atoms with van der Waals surface area (Å²) >= 11 is 4.12. The molecule has 0 bridgehead atoms. The summed E-state index contributed by atoms with van der Waals surface area (Å²) < 4.78 is 0. The fourth-order valence-electron chi connectivity index (χ4n) is 0.828. The quantitative estimate of drug-likeness (QED) is 0.316. The number of rotatable bonds is 1. The van der Waals surface area contributed by atoms with Crippen LogP contribution in [0.15, 0.2) is 0 Å². The van der Waals surface area contributed by atoms with Crippen LogP contribution in [0.2, 0.25) is 0 Å². The molecule has 0 radical (unpaired) electrons. The van der Waals surface area contributed by atoms with Gasteiger partial charge in [0.15, 0.2) is 0 Å². The number of nitrogens with zero attached hydrogens (tertiary/aromatic N) is 1. The zero-order chi connectivity index (χ0) is 8.27. The molecule has 1 fully saturated rings. The van der Waals surface area contributed by atoms with E-state index in [4.69, 9.17) is 5.11 Å². The minimum absolute atomic E-state index is 0.0236. The molecule has 11 heavy (non-hydrogen) atoms. The maximum Gasteiger partial charge on any atom is 0.227 e. The average molecular weight is 171 g/mol. The number of β-lactam (4-membered cyclic amide) rings is 1. The topological polar surface area (TPSA) is 40.5 Å². The van der Waals surface area contributed by atoms with Gasteiger partial charge in [-0.1, -0.05) is 11.8 Å². The Morgan fingerprint density at radius 3 is 2.91 bits per heavy atom. The number of carbonyl (C=O) groups is 1. The van der Waals surface area contributed by atoms with E-state index in [1.807, 2.05) is 0 Å². The zero-order valence-corrected chi connectivity index (χ0v) is 6.84. The Labute approximate surface area is 70.8 Å². The first-order valence-electron chi connectivity index (χ1n) is 3.30. The third-order valence-electron chi connectivity index (χ3n) is 1.49. The summed E-state index contributed by atoms with van der Waals surface area (Å²) in [5, 5.41) is 8.33. The summed E-state index contributed by atoms with van der Waals surface area (Å²) in [5.74, 6) is 5.20. The lowest BCUT2D eigenvalue weighted by molar-refractivity contribution is -0.140. The van der Waals surface area contributed by atoms with Crippen molar-refractivity contribution in [3.63, 3.8) is 0 Å². The molecule has 60 valence electrons. The van der Waals surface area contributed by atoms with Crippen LogP contribution in [-0.2, 0) is 4.79 Å². The largest absolute Gasteiger partial charge is 0.384 e. The summed E-state index contributed by atoms with van der Waals surface area (Å²) in [5.41, 5.74) is 0. The lowest BCUT2D eigenvalue weighted by atomic mass is 10.2. The predicted molar refractivity (Wildman–Crippen MR) is 44.0 cm³/mol. The van der Waals surface area contributed by atoms with Crippen LogP contribution in [0.4, 0.5) is 0 Å². The van der Waals surface area contributed by atoms with Gasteiger partial charge in [0.05, 0.1) is 18.3 Å². The summed E-state index contributed by atoms with van der Waals surface area (Å²) in [4.78, 5) is 12.3. The fourth-order valence-corrected chi connectivity index (χ4v) is 1.19. The van der Waals surface area contributed by atoms with Crippen LogP contribution in [-0.4, -0.2) is 34.4 Å². The van der Waals surface area contributed by atoms with Gasteiger partial charge in [0, 0.05) is 0 Å². The molecule has 0 spiro atoms. The number of carbonyl (C=O) groups excluding carboxylic acids is 1. The van der Waals surface area contributed by atoms with Crippen molar-refractivity contribution in [2.24, 2.45) is 0 Å². The standard InChI is InChI=1S/C7H9NO2S/c9-4-2-1-3-8-6(10)5-7(8)11/h7,9,11H,3-5H2. The normalized spacial score (nSPS) is 22.2. The zero-order valence-electron chi connectivity index (χ0n) is 5.95. The number of likely N-dealkylation sites (tertiary alicyclic amines) is 1. The SMILES string of the molecule is O=C1CC(S)N1CC#CCO. The van der Waals surface area contributed by atoms with Crippen molar-refractivity contribution in [2.75, 3.05) is 13.2 Å². The van der Waals surface area contributed by atoms with E-state index >= 15 is 0 Å². The van der Waals surface area contributed by atoms with Crippen LogP contribution in [0.5, 0.6) is 0 Å². The van der Waals surface area contributed by atoms with Gasteiger partial charge in [0.25, 0.3) is 0 Å². The Morgan fingerprint density at radius 2 is 2.45 bits per heavy atom. The lowest BCUT2D eigenvalue weighted by Crippen LogP contribution is -2.49. The van der Waals surface area contributed by atoms with Crippen molar-refractivity contribution in [1.29, 1.82) is 0 Å². The molecule has 0 aliphatic carbocycles. The molecular weight excluding hydrogens is 162 g/mol. The predicted octanol–water partition coefficient (Wildman–Crippen LogP) is -0.530. The number of hydrogen-bond acceptors (Lipinski definition) is 3. The Bertz CT molecular complexity index is 218. The minimum atomic E-state index is -0.154. The molecule has 1 amide bonds. The van der Waals surface area contributed by atoms with Crippen LogP contribution in [0, 0.1) is 11.8 Å². The van der Waals surface area contributed by atoms with Crippen LogP contribution < -0.4 is 0 Å². The van der Waals surface area contributed by atoms with Crippen molar-refractivity contribution in [2.45, 2.75) is 11.8 Å². The number of hydrogen-bond donors (Lipinski definition) is 2. The first-order valence-corrected chi connectivity index (χ1v) is 3.81. The first kappa shape index (κ1) is 8.44. The van der Waals surface area contributed by atoms with Crippen molar-refractivity contribution in [3.8, 4) is 11.8 Å². The minimum Gasteiger partial charge on any atom is -0.384 e. The van der Waals surface area contributed by atoms with E-state index in [0.29, 0.717) is 13.0 Å². The van der Waals surface area contributed by atoms with Crippen LogP contribution >= 0.6 is 12.6 Å². The molecule has 0 aromatic heterocycles. The van der Waals surface area contributed by atoms with Gasteiger partial charge < -0.3 is 10.0 Å². The molecule has 4 heteroatoms. The van der Waals surface area contributed by atoms with Crippen molar-refractivity contribution in [3.05, 3.63) is 0 Å². The van der Waals surface area contributed by atoms with E-state index in [1.165, 1.54) is 0 Å². The summed E-state index contributed by atoms with van der Waals surface area (Å²) in [6.07, 6.45) is 0.504. The lowest BCUT2D eigenvalue weighted by Gasteiger charge is -2.35. The molecule has 3 nitrogen and oxygen atoms in total. The van der Waals surface area contributed by atoms with Gasteiger partial charge in [-0.25, -0.2) is 0 Å². The van der Waals surface area contributed by atoms with Crippen molar-refractivity contribution >= 4 is 18.5 Å². The molecule has 1 N–H and O–H groups in total. The van der Waals surface area contributed by atoms with Crippen LogP contribution in [0.25, 0.3) is 0 Å². The Kier molecular flexibility index (Phi) is 2.80. The van der Waals surface area contributed by atoms with Gasteiger partial charge in [-0.3, -0.25) is 4.79 Å². The van der Waals surface area contributed by atoms with Crippen LogP contribution in [0.1, 0.15) is 6.42 Å². The average Bonchev–Trinajstić information content (AvgIpc) is 1.98. The molecule has 0 saturated carbocycles. The highest BCUT2D eigenvalue weighted by Gasteiger charge is 2.31. The smallest absolute Gasteiger partial charge is 0.227 e. The molecule has 1 unspecified atom stereocenters. The van der Waals surface area contributed by atoms with Gasteiger partial charge in [-0.05, 0) is 0 Å². The highest BCUT2D eigenvalue weighted by atomic mass is 32.1. The highest BCUT2D eigenvalue weighted by molar-refractivity contribution is 7.81. The highest BCUT2D eigenvalue weighted by Crippen LogP contribution is 2.20. The monoisotopic (exact) mass is 171 g/mol. The van der Waals surface area contributed by atoms with E-state index in [1.54, 1.807) is 4.90 Å². The molecule has 0 aromatic rings. The van der Waals surface area contributed by atoms with Gasteiger partial charge in [-0.15, -0.1) is 0 Å². The molecule has 1 rings (SSSR count). The summed E-state index contributed by atoms with van der Waals surface area (Å²) in [6, 6.07) is 0. The Morgan fingerprint density at radius 1 is 1.73 bits per heavy atom. The molecule has 1 aliphatic rings. The first-order chi connectivity index (χ1) is 5.25. The van der Waals surface area contributed by atoms with E-state index in [2.05, 4.69) is 24.5 Å². The maximum absolute atomic E-state index is 10.8. The molecule has 1 aliphatic heterocycles. The Balaban J connectivity index is 2.31. The van der Waals surface area contributed by atoms with E-state index < -0.39 is 0 Å². The van der Waals surface area contributed by atoms with Gasteiger partial charge in [0.1, 0.15) is 6.61 Å². The molecule has 1 heterocycles. The molecule has 1 saturated heterocycles. The summed E-state index contributed by atoms with van der Waals surface area (Å²) in [7, 11) is 0. The maximum atomic E-state index is 10.8. The second-order valence-corrected chi connectivity index (χ2v) is 2.81. The number of amides is 1. The van der Waals surface area contributed by atoms with Crippen molar-refractivity contribution in [1.82, 2.24) is 4.90 Å². The molecule has 1 atom stereocenters. The third-order valence-corrected chi connectivity index (χ3v) is 1.95. The molecule has 0 aromatic carbocycles. The van der Waals surface area contributed by atoms with Gasteiger partial charge >= 0.3 is 0 Å². The van der Waals surface area contributed by atoms with E-state index in [9.17, 15) is 4.79 Å². The Hall–Kier alpha value is -0.660. The summed E-state index contributed by atoms with van der Waals surface area (Å²) in [6.45, 7) is 0.229. The number of aliphatic hydroxyl groups is 1. The van der Waals surface area contributed by atoms with Crippen molar-refractivity contribution < 1.29 is 9.90 Å². The van der Waals surface area contributed by atoms with E-state index in [-0.39, 0.29) is 17.9 Å².